The summed E-state index contributed by atoms with van der Waals surface area (Å²) in [6.07, 6.45) is 8.69. The van der Waals surface area contributed by atoms with Crippen molar-refractivity contribution < 1.29 is 0 Å². The fourth-order valence-electron chi connectivity index (χ4n) is 3.76. The Morgan fingerprint density at radius 3 is 3.00 bits per heavy atom. The van der Waals surface area contributed by atoms with Crippen molar-refractivity contribution in [1.82, 2.24) is 24.4 Å². The van der Waals surface area contributed by atoms with E-state index in [1.807, 2.05) is 22.4 Å². The molecule has 1 saturated carbocycles. The van der Waals surface area contributed by atoms with Gasteiger partial charge in [0.15, 0.2) is 0 Å². The van der Waals surface area contributed by atoms with Crippen molar-refractivity contribution in [2.75, 3.05) is 6.54 Å². The van der Waals surface area contributed by atoms with Gasteiger partial charge in [0.05, 0.1) is 17.8 Å². The quantitative estimate of drug-likeness (QED) is 0.789. The van der Waals surface area contributed by atoms with Crippen molar-refractivity contribution in [2.45, 2.75) is 31.8 Å². The Hall–Kier alpha value is -1.99. The summed E-state index contributed by atoms with van der Waals surface area (Å²) >= 11 is 1.65. The second-order valence-electron chi connectivity index (χ2n) is 6.75. The molecule has 124 valence electrons. The molecule has 0 amide bonds. The standard InChI is InChI=1S/C17H19N5OS/c1-21-7-6-19-15(21)14(10-2-3-10)22-9-20-16-13(17(22)23)11-4-5-18-8-12(11)24-16/h6-7,9-10,14,18H,2-5,8H2,1H3/t14-/m1/s1. The van der Waals surface area contributed by atoms with Gasteiger partial charge in [-0.05, 0) is 37.3 Å². The van der Waals surface area contributed by atoms with Crippen LogP contribution in [0.25, 0.3) is 10.2 Å². The molecule has 6 nitrogen and oxygen atoms in total. The van der Waals surface area contributed by atoms with Crippen LogP contribution >= 0.6 is 11.3 Å². The predicted octanol–water partition coefficient (Wildman–Crippen LogP) is 1.84. The molecule has 2 aliphatic rings. The lowest BCUT2D eigenvalue weighted by molar-refractivity contribution is 0.463. The Balaban J connectivity index is 1.73. The van der Waals surface area contributed by atoms with E-state index in [4.69, 9.17) is 0 Å². The Morgan fingerprint density at radius 1 is 1.38 bits per heavy atom. The number of fused-ring (bicyclic) bond motifs is 3. The van der Waals surface area contributed by atoms with Crippen molar-refractivity contribution in [3.63, 3.8) is 0 Å². The number of aryl methyl sites for hydroxylation is 1. The molecule has 5 rings (SSSR count). The number of hydrogen-bond donors (Lipinski definition) is 1. The van der Waals surface area contributed by atoms with E-state index < -0.39 is 0 Å². The highest BCUT2D eigenvalue weighted by atomic mass is 32.1. The summed E-state index contributed by atoms with van der Waals surface area (Å²) in [5.41, 5.74) is 1.30. The van der Waals surface area contributed by atoms with Crippen molar-refractivity contribution in [1.29, 1.82) is 0 Å². The van der Waals surface area contributed by atoms with Gasteiger partial charge in [0.2, 0.25) is 0 Å². The van der Waals surface area contributed by atoms with E-state index in [-0.39, 0.29) is 11.6 Å². The van der Waals surface area contributed by atoms with Gasteiger partial charge in [-0.3, -0.25) is 9.36 Å². The Morgan fingerprint density at radius 2 is 2.25 bits per heavy atom. The number of nitrogens with one attached hydrogen (secondary N) is 1. The zero-order chi connectivity index (χ0) is 16.3. The molecular formula is C17H19N5OS. The van der Waals surface area contributed by atoms with Crippen molar-refractivity contribution >= 4 is 21.6 Å². The lowest BCUT2D eigenvalue weighted by atomic mass is 10.1. The molecule has 0 unspecified atom stereocenters. The second-order valence-corrected chi connectivity index (χ2v) is 7.83. The number of imidazole rings is 1. The van der Waals surface area contributed by atoms with Crippen LogP contribution < -0.4 is 10.9 Å². The lowest BCUT2D eigenvalue weighted by Crippen LogP contribution is -2.30. The summed E-state index contributed by atoms with van der Waals surface area (Å²) in [5.74, 6) is 1.44. The van der Waals surface area contributed by atoms with Crippen LogP contribution in [0, 0.1) is 5.92 Å². The normalized spacial score (nSPS) is 18.7. The van der Waals surface area contributed by atoms with Gasteiger partial charge in [0.25, 0.3) is 5.56 Å². The minimum atomic E-state index is -0.00772. The summed E-state index contributed by atoms with van der Waals surface area (Å²) < 4.78 is 3.85. The maximum atomic E-state index is 13.3. The van der Waals surface area contributed by atoms with Gasteiger partial charge >= 0.3 is 0 Å². The molecule has 1 N–H and O–H groups in total. The summed E-state index contributed by atoms with van der Waals surface area (Å²) in [6, 6.07) is -0.00772. The lowest BCUT2D eigenvalue weighted by Gasteiger charge is -2.19. The average molecular weight is 341 g/mol. The summed E-state index contributed by atoms with van der Waals surface area (Å²) in [5, 5.41) is 4.21. The maximum absolute atomic E-state index is 13.3. The maximum Gasteiger partial charge on any atom is 0.263 e. The first-order valence-corrected chi connectivity index (χ1v) is 9.25. The first-order chi connectivity index (χ1) is 11.7. The van der Waals surface area contributed by atoms with Crippen LogP contribution in [0.2, 0.25) is 0 Å². The molecule has 1 aliphatic carbocycles. The topological polar surface area (TPSA) is 64.7 Å². The van der Waals surface area contributed by atoms with E-state index in [1.165, 1.54) is 10.4 Å². The third-order valence-electron chi connectivity index (χ3n) is 5.15. The van der Waals surface area contributed by atoms with Crippen LogP contribution in [0.3, 0.4) is 0 Å². The molecule has 0 spiro atoms. The highest BCUT2D eigenvalue weighted by molar-refractivity contribution is 7.18. The van der Waals surface area contributed by atoms with E-state index in [9.17, 15) is 4.79 Å². The van der Waals surface area contributed by atoms with E-state index in [1.54, 1.807) is 23.9 Å². The zero-order valence-electron chi connectivity index (χ0n) is 13.5. The fraction of sp³-hybridized carbons (Fsp3) is 0.471. The molecule has 1 aliphatic heterocycles. The van der Waals surface area contributed by atoms with Crippen LogP contribution in [0.4, 0.5) is 0 Å². The van der Waals surface area contributed by atoms with Gasteiger partial charge < -0.3 is 9.88 Å². The Bertz CT molecular complexity index is 981. The van der Waals surface area contributed by atoms with E-state index in [0.717, 1.165) is 48.4 Å². The first-order valence-electron chi connectivity index (χ1n) is 8.43. The van der Waals surface area contributed by atoms with Crippen molar-refractivity contribution in [3.05, 3.63) is 45.3 Å². The molecule has 7 heteroatoms. The molecule has 1 atom stereocenters. The van der Waals surface area contributed by atoms with Gasteiger partial charge in [0, 0.05) is 30.9 Å². The monoisotopic (exact) mass is 341 g/mol. The van der Waals surface area contributed by atoms with Gasteiger partial charge in [-0.2, -0.15) is 0 Å². The minimum absolute atomic E-state index is 0.00772. The van der Waals surface area contributed by atoms with Crippen LogP contribution in [-0.4, -0.2) is 25.6 Å². The summed E-state index contributed by atoms with van der Waals surface area (Å²) in [7, 11) is 1.99. The summed E-state index contributed by atoms with van der Waals surface area (Å²) in [4.78, 5) is 24.6. The number of rotatable bonds is 3. The average Bonchev–Trinajstić information content (AvgIpc) is 3.21. The van der Waals surface area contributed by atoms with Gasteiger partial charge in [-0.25, -0.2) is 9.97 Å². The van der Waals surface area contributed by atoms with Gasteiger partial charge in [0.1, 0.15) is 10.7 Å². The van der Waals surface area contributed by atoms with Crippen molar-refractivity contribution in [2.24, 2.45) is 13.0 Å². The molecule has 0 saturated heterocycles. The first kappa shape index (κ1) is 14.4. The number of nitrogens with zero attached hydrogens (tertiary/aromatic N) is 4. The Kier molecular flexibility index (Phi) is 3.14. The van der Waals surface area contributed by atoms with Crippen LogP contribution in [0.5, 0.6) is 0 Å². The van der Waals surface area contributed by atoms with E-state index in [2.05, 4.69) is 15.3 Å². The molecule has 0 radical (unpaired) electrons. The van der Waals surface area contributed by atoms with Gasteiger partial charge in [-0.1, -0.05) is 0 Å². The van der Waals surface area contributed by atoms with Gasteiger partial charge in [-0.15, -0.1) is 11.3 Å². The second kappa shape index (κ2) is 5.26. The highest BCUT2D eigenvalue weighted by Gasteiger charge is 2.37. The fourth-order valence-corrected chi connectivity index (χ4v) is 4.91. The van der Waals surface area contributed by atoms with E-state index >= 15 is 0 Å². The number of hydrogen-bond acceptors (Lipinski definition) is 5. The molecular weight excluding hydrogens is 322 g/mol. The van der Waals surface area contributed by atoms with Crippen LogP contribution in [0.15, 0.2) is 23.5 Å². The van der Waals surface area contributed by atoms with Crippen LogP contribution in [-0.2, 0) is 20.0 Å². The molecule has 4 heterocycles. The largest absolute Gasteiger partial charge is 0.336 e. The SMILES string of the molecule is Cn1ccnc1[C@@H](C1CC1)n1cnc2sc3c(c2c1=O)CCNC3. The molecule has 0 bridgehead atoms. The Labute approximate surface area is 143 Å². The summed E-state index contributed by atoms with van der Waals surface area (Å²) in [6.45, 7) is 1.78. The predicted molar refractivity (Wildman–Crippen MR) is 93.4 cm³/mol. The molecule has 3 aromatic heterocycles. The zero-order valence-corrected chi connectivity index (χ0v) is 14.3. The molecule has 0 aromatic carbocycles. The van der Waals surface area contributed by atoms with E-state index in [0.29, 0.717) is 5.92 Å². The minimum Gasteiger partial charge on any atom is -0.336 e. The smallest absolute Gasteiger partial charge is 0.263 e. The molecule has 24 heavy (non-hydrogen) atoms. The highest BCUT2D eigenvalue weighted by Crippen LogP contribution is 2.42. The molecule has 3 aromatic rings. The number of aromatic nitrogens is 4. The third kappa shape index (κ3) is 2.08. The van der Waals surface area contributed by atoms with Crippen molar-refractivity contribution in [3.8, 4) is 0 Å². The third-order valence-corrected chi connectivity index (χ3v) is 6.29. The molecule has 1 fully saturated rings. The number of thiophene rings is 1. The van der Waals surface area contributed by atoms with Crippen LogP contribution in [0.1, 0.15) is 35.1 Å².